The molecule has 0 aliphatic rings. The van der Waals surface area contributed by atoms with Gasteiger partial charge in [0.1, 0.15) is 0 Å². The van der Waals surface area contributed by atoms with Crippen molar-refractivity contribution in [3.05, 3.63) is 35.9 Å². The third kappa shape index (κ3) is 5.54. The van der Waals surface area contributed by atoms with Gasteiger partial charge in [-0.25, -0.2) is 0 Å². The Hall–Kier alpha value is -0.590. The molecule has 0 aromatic heterocycles. The van der Waals surface area contributed by atoms with Crippen LogP contribution in [0.2, 0.25) is 0 Å². The molecular formula is C7H11O2P. The van der Waals surface area contributed by atoms with E-state index < -0.39 is 8.69 Å². The highest BCUT2D eigenvalue weighted by Gasteiger charge is 1.72. The highest BCUT2D eigenvalue weighted by Crippen LogP contribution is 1.92. The first-order valence-corrected chi connectivity index (χ1v) is 3.89. The van der Waals surface area contributed by atoms with E-state index in [1.165, 1.54) is 5.56 Å². The van der Waals surface area contributed by atoms with Crippen LogP contribution >= 0.6 is 8.69 Å². The number of benzene rings is 1. The summed E-state index contributed by atoms with van der Waals surface area (Å²) in [5.41, 5.74) is 1.32. The first-order valence-electron chi connectivity index (χ1n) is 2.90. The standard InChI is InChI=1S/C7H8.H3O2P/c1-7-5-3-2-4-6-7;1-3-2/h2-6H,1H3;3H2,(H,1,2). The quantitative estimate of drug-likeness (QED) is 0.583. The van der Waals surface area contributed by atoms with Gasteiger partial charge < -0.3 is 4.89 Å². The molecule has 0 bridgehead atoms. The molecule has 1 aromatic rings. The fourth-order valence-electron chi connectivity index (χ4n) is 0.534. The van der Waals surface area contributed by atoms with Gasteiger partial charge in [-0.05, 0) is 6.92 Å². The molecule has 2 nitrogen and oxygen atoms in total. The van der Waals surface area contributed by atoms with Gasteiger partial charge in [-0.3, -0.25) is 4.57 Å². The number of aryl methyl sites for hydroxylation is 1. The summed E-state index contributed by atoms with van der Waals surface area (Å²) >= 11 is 0. The lowest BCUT2D eigenvalue weighted by Crippen LogP contribution is -1.62. The van der Waals surface area contributed by atoms with Crippen molar-refractivity contribution >= 4 is 8.69 Å². The molecule has 3 heteroatoms. The Labute approximate surface area is 61.8 Å². The van der Waals surface area contributed by atoms with Crippen LogP contribution in [0.3, 0.4) is 0 Å². The molecule has 10 heavy (non-hydrogen) atoms. The molecule has 0 heterocycles. The summed E-state index contributed by atoms with van der Waals surface area (Å²) in [5.74, 6) is 0. The SMILES string of the molecule is Cc1ccccc1.O=[PH2]O. The van der Waals surface area contributed by atoms with E-state index in [2.05, 4.69) is 19.1 Å². The molecule has 0 spiro atoms. The second kappa shape index (κ2) is 6.53. The first kappa shape index (κ1) is 9.41. The van der Waals surface area contributed by atoms with E-state index in [0.717, 1.165) is 0 Å². The Morgan fingerprint density at radius 1 is 1.30 bits per heavy atom. The van der Waals surface area contributed by atoms with Crippen molar-refractivity contribution in [1.82, 2.24) is 0 Å². The van der Waals surface area contributed by atoms with Crippen LogP contribution in [0.4, 0.5) is 0 Å². The van der Waals surface area contributed by atoms with Gasteiger partial charge in [-0.1, -0.05) is 35.9 Å². The van der Waals surface area contributed by atoms with Crippen molar-refractivity contribution in [2.45, 2.75) is 6.92 Å². The topological polar surface area (TPSA) is 37.3 Å². The molecule has 0 amide bonds. The van der Waals surface area contributed by atoms with Crippen LogP contribution in [-0.2, 0) is 4.57 Å². The predicted octanol–water partition coefficient (Wildman–Crippen LogP) is 1.65. The van der Waals surface area contributed by atoms with Crippen molar-refractivity contribution < 1.29 is 9.46 Å². The van der Waals surface area contributed by atoms with E-state index in [-0.39, 0.29) is 0 Å². The van der Waals surface area contributed by atoms with Crippen LogP contribution in [0.25, 0.3) is 0 Å². The lowest BCUT2D eigenvalue weighted by atomic mass is 10.2. The average molecular weight is 158 g/mol. The molecule has 0 saturated carbocycles. The van der Waals surface area contributed by atoms with Gasteiger partial charge in [0.15, 0.2) is 8.69 Å². The van der Waals surface area contributed by atoms with Crippen LogP contribution in [-0.4, -0.2) is 4.89 Å². The second-order valence-electron chi connectivity index (χ2n) is 1.76. The normalized spacial score (nSPS) is 9.00. The van der Waals surface area contributed by atoms with Crippen molar-refractivity contribution in [3.8, 4) is 0 Å². The third-order valence-electron chi connectivity index (χ3n) is 0.940. The van der Waals surface area contributed by atoms with Gasteiger partial charge in [0.25, 0.3) is 0 Å². The number of hydrogen-bond acceptors (Lipinski definition) is 1. The Balaban J connectivity index is 0.000000236. The Morgan fingerprint density at radius 3 is 1.90 bits per heavy atom. The Morgan fingerprint density at radius 2 is 1.70 bits per heavy atom. The smallest absolute Gasteiger partial charge is 0.177 e. The minimum Gasteiger partial charge on any atom is -0.348 e. The molecule has 1 unspecified atom stereocenters. The van der Waals surface area contributed by atoms with Crippen LogP contribution in [0, 0.1) is 6.92 Å². The summed E-state index contributed by atoms with van der Waals surface area (Å²) in [6, 6.07) is 10.3. The maximum Gasteiger partial charge on any atom is 0.177 e. The summed E-state index contributed by atoms with van der Waals surface area (Å²) in [4.78, 5) is 7.10. The van der Waals surface area contributed by atoms with Gasteiger partial charge in [0.05, 0.1) is 0 Å². The van der Waals surface area contributed by atoms with Crippen LogP contribution in [0.1, 0.15) is 5.56 Å². The molecule has 1 atom stereocenters. The zero-order chi connectivity index (χ0) is 7.82. The van der Waals surface area contributed by atoms with Gasteiger partial charge in [-0.15, -0.1) is 0 Å². The molecule has 0 aliphatic carbocycles. The van der Waals surface area contributed by atoms with Crippen LogP contribution in [0.15, 0.2) is 30.3 Å². The predicted molar refractivity (Wildman–Crippen MR) is 43.8 cm³/mol. The summed E-state index contributed by atoms with van der Waals surface area (Å²) in [6.07, 6.45) is 0. The van der Waals surface area contributed by atoms with E-state index in [4.69, 9.17) is 9.46 Å². The molecule has 0 fully saturated rings. The van der Waals surface area contributed by atoms with E-state index in [0.29, 0.717) is 0 Å². The monoisotopic (exact) mass is 158 g/mol. The highest BCUT2D eigenvalue weighted by molar-refractivity contribution is 7.16. The number of hydrogen-bond donors (Lipinski definition) is 1. The van der Waals surface area contributed by atoms with Gasteiger partial charge in [0.2, 0.25) is 0 Å². The molecule has 1 aromatic carbocycles. The first-order chi connectivity index (χ1) is 4.81. The lowest BCUT2D eigenvalue weighted by molar-refractivity contribution is 0.524. The van der Waals surface area contributed by atoms with Gasteiger partial charge in [0, 0.05) is 0 Å². The molecule has 0 radical (unpaired) electrons. The summed E-state index contributed by atoms with van der Waals surface area (Å²) in [5, 5.41) is 0. The van der Waals surface area contributed by atoms with Gasteiger partial charge >= 0.3 is 0 Å². The third-order valence-corrected chi connectivity index (χ3v) is 0.940. The minimum absolute atomic E-state index is 1.32. The van der Waals surface area contributed by atoms with E-state index in [1.807, 2.05) is 18.2 Å². The van der Waals surface area contributed by atoms with Crippen molar-refractivity contribution in [2.24, 2.45) is 0 Å². The largest absolute Gasteiger partial charge is 0.348 e. The molecule has 56 valence electrons. The molecule has 0 saturated heterocycles. The fourth-order valence-corrected chi connectivity index (χ4v) is 0.534. The zero-order valence-electron chi connectivity index (χ0n) is 5.82. The number of rotatable bonds is 0. The zero-order valence-corrected chi connectivity index (χ0v) is 6.97. The molecular weight excluding hydrogens is 147 g/mol. The minimum atomic E-state index is -1.50. The maximum atomic E-state index is 8.57. The average Bonchev–Trinajstić information content (AvgIpc) is 1.91. The second-order valence-corrected chi connectivity index (χ2v) is 1.97. The highest BCUT2D eigenvalue weighted by atomic mass is 31.1. The van der Waals surface area contributed by atoms with Crippen molar-refractivity contribution in [2.75, 3.05) is 0 Å². The van der Waals surface area contributed by atoms with Crippen LogP contribution in [0.5, 0.6) is 0 Å². The molecule has 0 aliphatic heterocycles. The summed E-state index contributed by atoms with van der Waals surface area (Å²) in [7, 11) is -1.50. The summed E-state index contributed by atoms with van der Waals surface area (Å²) < 4.78 is 8.57. The van der Waals surface area contributed by atoms with Crippen LogP contribution < -0.4 is 0 Å². The van der Waals surface area contributed by atoms with Crippen molar-refractivity contribution in [1.29, 1.82) is 0 Å². The maximum absolute atomic E-state index is 8.57. The molecule has 1 N–H and O–H groups in total. The Bertz CT molecular complexity index is 174. The van der Waals surface area contributed by atoms with E-state index >= 15 is 0 Å². The van der Waals surface area contributed by atoms with E-state index in [9.17, 15) is 0 Å². The van der Waals surface area contributed by atoms with E-state index in [1.54, 1.807) is 0 Å². The van der Waals surface area contributed by atoms with Gasteiger partial charge in [-0.2, -0.15) is 0 Å². The Kier molecular flexibility index (Phi) is 6.14. The summed E-state index contributed by atoms with van der Waals surface area (Å²) in [6.45, 7) is 2.08. The fraction of sp³-hybridized carbons (Fsp3) is 0.143. The lowest BCUT2D eigenvalue weighted by Gasteiger charge is -1.82. The molecule has 1 rings (SSSR count). The van der Waals surface area contributed by atoms with Crippen molar-refractivity contribution in [3.63, 3.8) is 0 Å².